The molecule has 3 aromatic rings. The lowest BCUT2D eigenvalue weighted by Gasteiger charge is -2.12. The lowest BCUT2D eigenvalue weighted by atomic mass is 10.2. The number of nitrogens with zero attached hydrogens (tertiary/aromatic N) is 2. The molecule has 0 radical (unpaired) electrons. The van der Waals surface area contributed by atoms with Crippen LogP contribution in [0.3, 0.4) is 0 Å². The molecule has 0 saturated carbocycles. The molecule has 5 heteroatoms. The second kappa shape index (κ2) is 6.89. The highest BCUT2D eigenvalue weighted by atomic mass is 35.5. The number of rotatable bonds is 4. The van der Waals surface area contributed by atoms with Crippen molar-refractivity contribution in [1.82, 2.24) is 9.55 Å². The van der Waals surface area contributed by atoms with Gasteiger partial charge in [0.05, 0.1) is 12.3 Å². The molecule has 3 rings (SSSR count). The number of aromatic nitrogens is 2. The first-order valence-electron chi connectivity index (χ1n) is 7.69. The maximum atomic E-state index is 12.5. The molecule has 0 saturated heterocycles. The standard InChI is InChI=1S/C19H17ClN2O2/c1-3-24-19(23)17-13(2)21-18(14-8-5-4-6-9-14)22(17)16-11-7-10-15(20)12-16/h4-12H,3H2,1-2H3. The van der Waals surface area contributed by atoms with Crippen LogP contribution in [0.5, 0.6) is 0 Å². The van der Waals surface area contributed by atoms with E-state index in [2.05, 4.69) is 4.98 Å². The maximum absolute atomic E-state index is 12.5. The van der Waals surface area contributed by atoms with Crippen LogP contribution >= 0.6 is 11.6 Å². The Balaban J connectivity index is 2.27. The number of carbonyl (C=O) groups excluding carboxylic acids is 1. The van der Waals surface area contributed by atoms with Crippen molar-refractivity contribution in [3.8, 4) is 17.1 Å². The van der Waals surface area contributed by atoms with Gasteiger partial charge < -0.3 is 4.74 Å². The lowest BCUT2D eigenvalue weighted by molar-refractivity contribution is 0.0516. The molecule has 0 unspecified atom stereocenters. The van der Waals surface area contributed by atoms with Gasteiger partial charge in [0, 0.05) is 16.3 Å². The second-order valence-electron chi connectivity index (χ2n) is 5.27. The third kappa shape index (κ3) is 3.05. The first-order valence-corrected chi connectivity index (χ1v) is 8.07. The van der Waals surface area contributed by atoms with E-state index in [4.69, 9.17) is 16.3 Å². The highest BCUT2D eigenvalue weighted by Crippen LogP contribution is 2.28. The molecule has 0 amide bonds. The normalized spacial score (nSPS) is 10.6. The van der Waals surface area contributed by atoms with Crippen LogP contribution in [-0.2, 0) is 4.74 Å². The third-order valence-corrected chi connectivity index (χ3v) is 3.85. The van der Waals surface area contributed by atoms with Gasteiger partial charge in [-0.05, 0) is 32.0 Å². The van der Waals surface area contributed by atoms with Crippen LogP contribution in [-0.4, -0.2) is 22.1 Å². The molecule has 1 heterocycles. The molecule has 2 aromatic carbocycles. The average molecular weight is 341 g/mol. The zero-order valence-corrected chi connectivity index (χ0v) is 14.2. The SMILES string of the molecule is CCOC(=O)c1c(C)nc(-c2ccccc2)n1-c1cccc(Cl)c1. The highest BCUT2D eigenvalue weighted by Gasteiger charge is 2.23. The summed E-state index contributed by atoms with van der Waals surface area (Å²) < 4.78 is 7.02. The molecule has 4 nitrogen and oxygen atoms in total. The van der Waals surface area contributed by atoms with Gasteiger partial charge >= 0.3 is 5.97 Å². The van der Waals surface area contributed by atoms with Crippen LogP contribution in [0.1, 0.15) is 23.1 Å². The average Bonchev–Trinajstić information content (AvgIpc) is 2.93. The van der Waals surface area contributed by atoms with Crippen LogP contribution in [0.25, 0.3) is 17.1 Å². The Kier molecular flexibility index (Phi) is 4.67. The van der Waals surface area contributed by atoms with E-state index in [0.29, 0.717) is 28.8 Å². The van der Waals surface area contributed by atoms with E-state index >= 15 is 0 Å². The van der Waals surface area contributed by atoms with E-state index in [1.165, 1.54) is 0 Å². The van der Waals surface area contributed by atoms with Crippen LogP contribution in [0.4, 0.5) is 0 Å². The molecule has 0 aliphatic rings. The number of halogens is 1. The van der Waals surface area contributed by atoms with E-state index in [9.17, 15) is 4.79 Å². The van der Waals surface area contributed by atoms with Gasteiger partial charge in [-0.3, -0.25) is 4.57 Å². The fourth-order valence-electron chi connectivity index (χ4n) is 2.62. The zero-order valence-electron chi connectivity index (χ0n) is 13.5. The number of hydrogen-bond donors (Lipinski definition) is 0. The van der Waals surface area contributed by atoms with E-state index in [1.54, 1.807) is 30.5 Å². The molecule has 0 spiro atoms. The molecule has 0 bridgehead atoms. The van der Waals surface area contributed by atoms with Crippen LogP contribution in [0, 0.1) is 6.92 Å². The van der Waals surface area contributed by atoms with Crippen molar-refractivity contribution in [2.75, 3.05) is 6.61 Å². The largest absolute Gasteiger partial charge is 0.461 e. The van der Waals surface area contributed by atoms with E-state index in [0.717, 1.165) is 11.3 Å². The summed E-state index contributed by atoms with van der Waals surface area (Å²) in [5.74, 6) is 0.281. The molecular weight excluding hydrogens is 324 g/mol. The molecule has 122 valence electrons. The smallest absolute Gasteiger partial charge is 0.357 e. The van der Waals surface area contributed by atoms with Gasteiger partial charge in [0.1, 0.15) is 5.82 Å². The van der Waals surface area contributed by atoms with E-state index in [1.807, 2.05) is 42.5 Å². The fraction of sp³-hybridized carbons (Fsp3) is 0.158. The van der Waals surface area contributed by atoms with Crippen molar-refractivity contribution >= 4 is 17.6 Å². The summed E-state index contributed by atoms with van der Waals surface area (Å²) in [6, 6.07) is 17.1. The Labute approximate surface area is 145 Å². The quantitative estimate of drug-likeness (QED) is 0.648. The highest BCUT2D eigenvalue weighted by molar-refractivity contribution is 6.30. The van der Waals surface area contributed by atoms with Gasteiger partial charge in [0.25, 0.3) is 0 Å². The zero-order chi connectivity index (χ0) is 17.1. The lowest BCUT2D eigenvalue weighted by Crippen LogP contribution is -2.13. The molecule has 0 N–H and O–H groups in total. The van der Waals surface area contributed by atoms with Crippen LogP contribution in [0.15, 0.2) is 54.6 Å². The summed E-state index contributed by atoms with van der Waals surface area (Å²) in [7, 11) is 0. The van der Waals surface area contributed by atoms with Crippen molar-refractivity contribution in [1.29, 1.82) is 0 Å². The fourth-order valence-corrected chi connectivity index (χ4v) is 2.80. The number of ether oxygens (including phenoxy) is 1. The molecule has 1 aromatic heterocycles. The van der Waals surface area contributed by atoms with Crippen molar-refractivity contribution in [2.45, 2.75) is 13.8 Å². The summed E-state index contributed by atoms with van der Waals surface area (Å²) in [5, 5.41) is 0.590. The Morgan fingerprint density at radius 1 is 1.17 bits per heavy atom. The minimum atomic E-state index is -0.398. The number of hydrogen-bond acceptors (Lipinski definition) is 3. The minimum absolute atomic E-state index is 0.305. The minimum Gasteiger partial charge on any atom is -0.461 e. The van der Waals surface area contributed by atoms with Gasteiger partial charge in [-0.15, -0.1) is 0 Å². The molecule has 0 aliphatic carbocycles. The number of carbonyl (C=O) groups is 1. The van der Waals surface area contributed by atoms with Crippen LogP contribution < -0.4 is 0 Å². The summed E-state index contributed by atoms with van der Waals surface area (Å²) in [4.78, 5) is 17.1. The summed E-state index contributed by atoms with van der Waals surface area (Å²) in [6.45, 7) is 3.89. The third-order valence-electron chi connectivity index (χ3n) is 3.62. The monoisotopic (exact) mass is 340 g/mol. The molecule has 24 heavy (non-hydrogen) atoms. The Morgan fingerprint density at radius 3 is 2.58 bits per heavy atom. The number of benzene rings is 2. The Morgan fingerprint density at radius 2 is 1.92 bits per heavy atom. The van der Waals surface area contributed by atoms with Crippen molar-refractivity contribution in [3.05, 3.63) is 71.0 Å². The molecule has 0 fully saturated rings. The van der Waals surface area contributed by atoms with Crippen molar-refractivity contribution in [2.24, 2.45) is 0 Å². The van der Waals surface area contributed by atoms with E-state index in [-0.39, 0.29) is 0 Å². The van der Waals surface area contributed by atoms with Crippen LogP contribution in [0.2, 0.25) is 5.02 Å². The van der Waals surface area contributed by atoms with Gasteiger partial charge in [-0.1, -0.05) is 48.0 Å². The first kappa shape index (κ1) is 16.3. The summed E-state index contributed by atoms with van der Waals surface area (Å²) in [5.41, 5.74) is 2.71. The molecular formula is C19H17ClN2O2. The van der Waals surface area contributed by atoms with Gasteiger partial charge in [0.15, 0.2) is 5.69 Å². The predicted octanol–water partition coefficient (Wildman–Crippen LogP) is 4.68. The van der Waals surface area contributed by atoms with Crippen molar-refractivity contribution < 1.29 is 9.53 Å². The van der Waals surface area contributed by atoms with E-state index < -0.39 is 5.97 Å². The summed E-state index contributed by atoms with van der Waals surface area (Å²) in [6.07, 6.45) is 0. The topological polar surface area (TPSA) is 44.1 Å². The Hall–Kier alpha value is -2.59. The number of aryl methyl sites for hydroxylation is 1. The second-order valence-corrected chi connectivity index (χ2v) is 5.71. The number of imidazole rings is 1. The number of esters is 1. The van der Waals surface area contributed by atoms with Crippen molar-refractivity contribution in [3.63, 3.8) is 0 Å². The predicted molar refractivity (Wildman–Crippen MR) is 94.7 cm³/mol. The Bertz CT molecular complexity index is 872. The van der Waals surface area contributed by atoms with Gasteiger partial charge in [-0.2, -0.15) is 0 Å². The maximum Gasteiger partial charge on any atom is 0.357 e. The summed E-state index contributed by atoms with van der Waals surface area (Å²) >= 11 is 6.14. The van der Waals surface area contributed by atoms with Gasteiger partial charge in [0.2, 0.25) is 0 Å². The van der Waals surface area contributed by atoms with Gasteiger partial charge in [-0.25, -0.2) is 9.78 Å². The molecule has 0 atom stereocenters. The molecule has 0 aliphatic heterocycles. The first-order chi connectivity index (χ1) is 11.6.